The lowest BCUT2D eigenvalue weighted by Gasteiger charge is -2.05. The molecule has 0 radical (unpaired) electrons. The van der Waals surface area contributed by atoms with Crippen LogP contribution < -0.4 is 10.1 Å². The van der Waals surface area contributed by atoms with Crippen LogP contribution in [0, 0.1) is 12.7 Å². The normalized spacial score (nSPS) is 11.0. The minimum atomic E-state index is -0.244. The highest BCUT2D eigenvalue weighted by Crippen LogP contribution is 2.32. The molecule has 0 saturated heterocycles. The van der Waals surface area contributed by atoms with Crippen LogP contribution in [0.5, 0.6) is 5.75 Å². The molecule has 9 heteroatoms. The Balaban J connectivity index is 1.28. The quantitative estimate of drug-likeness (QED) is 0.310. The monoisotopic (exact) mass is 474 g/mol. The molecule has 5 aromatic rings. The van der Waals surface area contributed by atoms with Gasteiger partial charge < -0.3 is 10.1 Å². The molecule has 0 fully saturated rings. The summed E-state index contributed by atoms with van der Waals surface area (Å²) in [5.74, 6) is 0.568. The number of aryl methyl sites for hydroxylation is 1. The summed E-state index contributed by atoms with van der Waals surface area (Å²) in [6.07, 6.45) is 3.72. The van der Waals surface area contributed by atoms with Gasteiger partial charge in [-0.05, 0) is 55.0 Å². The van der Waals surface area contributed by atoms with Gasteiger partial charge in [0.2, 0.25) is 0 Å². The van der Waals surface area contributed by atoms with Gasteiger partial charge in [0, 0.05) is 23.9 Å². The van der Waals surface area contributed by atoms with E-state index in [0.717, 1.165) is 49.5 Å². The number of methoxy groups -OCH3 is 1. The smallest absolute Gasteiger partial charge is 0.183 e. The van der Waals surface area contributed by atoms with E-state index in [2.05, 4.69) is 25.6 Å². The number of nitrogens with one attached hydrogen (secondary N) is 2. The molecule has 34 heavy (non-hydrogen) atoms. The van der Waals surface area contributed by atoms with E-state index in [4.69, 9.17) is 4.74 Å². The molecule has 3 heterocycles. The van der Waals surface area contributed by atoms with E-state index in [0.29, 0.717) is 13.1 Å². The molecule has 0 saturated carbocycles. The van der Waals surface area contributed by atoms with Gasteiger partial charge >= 0.3 is 0 Å². The number of hydrogen-bond donors (Lipinski definition) is 2. The fourth-order valence-corrected chi connectivity index (χ4v) is 4.65. The zero-order valence-corrected chi connectivity index (χ0v) is 19.6. The van der Waals surface area contributed by atoms with Gasteiger partial charge in [-0.2, -0.15) is 10.2 Å². The molecule has 0 aliphatic carbocycles. The van der Waals surface area contributed by atoms with Crippen LogP contribution in [0.15, 0.2) is 67.0 Å². The van der Waals surface area contributed by atoms with Crippen molar-refractivity contribution in [2.24, 2.45) is 0 Å². The Bertz CT molecular complexity index is 1410. The summed E-state index contributed by atoms with van der Waals surface area (Å²) in [6.45, 7) is 3.07. The fourth-order valence-electron chi connectivity index (χ4n) is 3.73. The number of nitrogens with zero attached hydrogens (tertiary/aromatic N) is 4. The molecule has 0 amide bonds. The number of ether oxygens (including phenoxy) is 1. The highest BCUT2D eigenvalue weighted by molar-refractivity contribution is 7.19. The van der Waals surface area contributed by atoms with E-state index in [1.54, 1.807) is 24.5 Å². The maximum atomic E-state index is 13.5. The molecular weight excluding hydrogens is 451 g/mol. The summed E-state index contributed by atoms with van der Waals surface area (Å²) in [4.78, 5) is 5.68. The molecular formula is C25H23FN6OS. The van der Waals surface area contributed by atoms with Crippen molar-refractivity contribution in [2.45, 2.75) is 20.0 Å². The maximum Gasteiger partial charge on any atom is 0.183 e. The predicted molar refractivity (Wildman–Crippen MR) is 131 cm³/mol. The Morgan fingerprint density at radius 1 is 1.15 bits per heavy atom. The van der Waals surface area contributed by atoms with Crippen LogP contribution in [0.4, 0.5) is 9.52 Å². The number of benzene rings is 2. The molecule has 0 aliphatic heterocycles. The third kappa shape index (κ3) is 4.69. The summed E-state index contributed by atoms with van der Waals surface area (Å²) in [6, 6.07) is 16.4. The molecule has 0 bridgehead atoms. The second-order valence-corrected chi connectivity index (χ2v) is 8.81. The van der Waals surface area contributed by atoms with Crippen molar-refractivity contribution >= 4 is 16.5 Å². The molecule has 7 nitrogen and oxygen atoms in total. The number of thiazole rings is 1. The number of halogens is 1. The number of anilines is 1. The third-order valence-corrected chi connectivity index (χ3v) is 6.57. The minimum absolute atomic E-state index is 0.244. The van der Waals surface area contributed by atoms with Gasteiger partial charge in [-0.25, -0.2) is 9.37 Å². The van der Waals surface area contributed by atoms with E-state index in [-0.39, 0.29) is 5.82 Å². The molecule has 172 valence electrons. The standard InChI is InChI=1S/C25H23FN6OS/c1-16-24(22-10-11-32(31-22)15-17-4-3-5-20(26)12-17)34-25(29-16)27-13-19-14-28-30-23(19)18-6-8-21(33-2)9-7-18/h3-12,14H,13,15H2,1-2H3,(H,27,29)(H,28,30). The summed E-state index contributed by atoms with van der Waals surface area (Å²) in [5.41, 5.74) is 5.66. The van der Waals surface area contributed by atoms with Crippen LogP contribution in [-0.2, 0) is 13.1 Å². The topological polar surface area (TPSA) is 80.6 Å². The lowest BCUT2D eigenvalue weighted by molar-refractivity contribution is 0.415. The fraction of sp³-hybridized carbons (Fsp3) is 0.160. The first-order valence-electron chi connectivity index (χ1n) is 10.8. The van der Waals surface area contributed by atoms with Crippen molar-refractivity contribution in [3.8, 4) is 27.6 Å². The van der Waals surface area contributed by atoms with Crippen molar-refractivity contribution in [3.63, 3.8) is 0 Å². The number of H-pyrrole nitrogens is 1. The maximum absolute atomic E-state index is 13.5. The van der Waals surface area contributed by atoms with Gasteiger partial charge in [0.25, 0.3) is 0 Å². The van der Waals surface area contributed by atoms with Crippen LogP contribution in [0.3, 0.4) is 0 Å². The Morgan fingerprint density at radius 2 is 2.00 bits per heavy atom. The molecule has 0 spiro atoms. The zero-order valence-electron chi connectivity index (χ0n) is 18.7. The lowest BCUT2D eigenvalue weighted by atomic mass is 10.1. The zero-order chi connectivity index (χ0) is 23.5. The minimum Gasteiger partial charge on any atom is -0.497 e. The molecule has 5 rings (SSSR count). The summed E-state index contributed by atoms with van der Waals surface area (Å²) >= 11 is 1.56. The van der Waals surface area contributed by atoms with Gasteiger partial charge in [-0.15, -0.1) is 0 Å². The van der Waals surface area contributed by atoms with Gasteiger partial charge in [0.1, 0.15) is 17.3 Å². The molecule has 0 unspecified atom stereocenters. The Labute approximate surface area is 200 Å². The van der Waals surface area contributed by atoms with Crippen molar-refractivity contribution in [1.29, 1.82) is 0 Å². The van der Waals surface area contributed by atoms with Gasteiger partial charge in [0.15, 0.2) is 5.13 Å². The average molecular weight is 475 g/mol. The average Bonchev–Trinajstić information content (AvgIpc) is 3.58. The molecule has 2 aromatic carbocycles. The first-order chi connectivity index (χ1) is 16.6. The molecule has 0 aliphatic rings. The van der Waals surface area contributed by atoms with E-state index >= 15 is 0 Å². The predicted octanol–water partition coefficient (Wildman–Crippen LogP) is 5.51. The Hall–Kier alpha value is -3.98. The summed E-state index contributed by atoms with van der Waals surface area (Å²) < 4.78 is 20.5. The molecule has 3 aromatic heterocycles. The molecule has 0 atom stereocenters. The highest BCUT2D eigenvalue weighted by Gasteiger charge is 2.14. The van der Waals surface area contributed by atoms with Crippen molar-refractivity contribution in [1.82, 2.24) is 25.0 Å². The van der Waals surface area contributed by atoms with E-state index in [9.17, 15) is 4.39 Å². The third-order valence-electron chi connectivity index (χ3n) is 5.43. The van der Waals surface area contributed by atoms with Gasteiger partial charge in [0.05, 0.1) is 36.1 Å². The Morgan fingerprint density at radius 3 is 2.79 bits per heavy atom. The van der Waals surface area contributed by atoms with Crippen LogP contribution >= 0.6 is 11.3 Å². The van der Waals surface area contributed by atoms with E-state index in [1.165, 1.54) is 12.1 Å². The SMILES string of the molecule is COc1ccc(-c2[nH]ncc2CNc2nc(C)c(-c3ccn(Cc4cccc(F)c4)n3)s2)cc1. The van der Waals surface area contributed by atoms with Crippen LogP contribution in [0.2, 0.25) is 0 Å². The van der Waals surface area contributed by atoms with Gasteiger partial charge in [-0.3, -0.25) is 9.78 Å². The number of hydrogen-bond acceptors (Lipinski definition) is 6. The second-order valence-electron chi connectivity index (χ2n) is 7.81. The van der Waals surface area contributed by atoms with Crippen LogP contribution in [0.1, 0.15) is 16.8 Å². The van der Waals surface area contributed by atoms with Gasteiger partial charge in [-0.1, -0.05) is 23.5 Å². The van der Waals surface area contributed by atoms with Crippen molar-refractivity contribution < 1.29 is 9.13 Å². The Kier molecular flexibility index (Phi) is 6.09. The first kappa shape index (κ1) is 21.8. The first-order valence-corrected chi connectivity index (χ1v) is 11.6. The lowest BCUT2D eigenvalue weighted by Crippen LogP contribution is -2.00. The second kappa shape index (κ2) is 9.48. The number of rotatable bonds is 8. The summed E-state index contributed by atoms with van der Waals surface area (Å²) in [5, 5.41) is 16.2. The van der Waals surface area contributed by atoms with E-state index in [1.807, 2.05) is 60.4 Å². The van der Waals surface area contributed by atoms with Crippen LogP contribution in [0.25, 0.3) is 21.8 Å². The summed E-state index contributed by atoms with van der Waals surface area (Å²) in [7, 11) is 1.65. The van der Waals surface area contributed by atoms with Crippen molar-refractivity contribution in [3.05, 3.63) is 89.6 Å². The number of aromatic amines is 1. The van der Waals surface area contributed by atoms with Crippen molar-refractivity contribution in [2.75, 3.05) is 12.4 Å². The largest absolute Gasteiger partial charge is 0.497 e. The van der Waals surface area contributed by atoms with Crippen LogP contribution in [-0.4, -0.2) is 32.1 Å². The highest BCUT2D eigenvalue weighted by atomic mass is 32.1. The number of aromatic nitrogens is 5. The van der Waals surface area contributed by atoms with E-state index < -0.39 is 0 Å². The molecule has 2 N–H and O–H groups in total.